The zero-order chi connectivity index (χ0) is 12.5. The van der Waals surface area contributed by atoms with Gasteiger partial charge in [-0.2, -0.15) is 0 Å². The largest absolute Gasteiger partial charge is 0.304 e. The lowest BCUT2D eigenvalue weighted by Crippen LogP contribution is -2.33. The molecule has 5 heteroatoms. The van der Waals surface area contributed by atoms with Crippen LogP contribution in [0.5, 0.6) is 0 Å². The molecule has 0 aliphatic carbocycles. The molecule has 0 N–H and O–H groups in total. The maximum atomic E-state index is 6.05. The molecular formula is C13H17ClN4. The molecule has 1 saturated heterocycles. The Balaban J connectivity index is 1.88. The van der Waals surface area contributed by atoms with Crippen LogP contribution in [0.1, 0.15) is 31.5 Å². The third kappa shape index (κ3) is 2.10. The van der Waals surface area contributed by atoms with Crippen LogP contribution in [0.3, 0.4) is 0 Å². The number of hydrogen-bond donors (Lipinski definition) is 0. The van der Waals surface area contributed by atoms with E-state index in [9.17, 15) is 0 Å². The number of nitrogens with zero attached hydrogens (tertiary/aromatic N) is 4. The van der Waals surface area contributed by atoms with Gasteiger partial charge in [0.05, 0.1) is 5.02 Å². The summed E-state index contributed by atoms with van der Waals surface area (Å²) in [6.45, 7) is 5.65. The fourth-order valence-corrected chi connectivity index (χ4v) is 2.83. The highest BCUT2D eigenvalue weighted by molar-refractivity contribution is 6.30. The highest BCUT2D eigenvalue weighted by Crippen LogP contribution is 2.27. The van der Waals surface area contributed by atoms with Gasteiger partial charge in [0.1, 0.15) is 5.82 Å². The molecule has 0 spiro atoms. The first-order chi connectivity index (χ1) is 8.78. The number of halogens is 1. The molecule has 1 aliphatic heterocycles. The fraction of sp³-hybridized carbons (Fsp3) is 0.538. The van der Waals surface area contributed by atoms with Crippen molar-refractivity contribution in [3.8, 4) is 0 Å². The smallest absolute Gasteiger partial charge is 0.160 e. The number of fused-ring (bicyclic) bond motifs is 1. The summed E-state index contributed by atoms with van der Waals surface area (Å²) in [6, 6.07) is 3.77. The molecule has 0 unspecified atom stereocenters. The molecule has 0 bridgehead atoms. The van der Waals surface area contributed by atoms with Gasteiger partial charge >= 0.3 is 0 Å². The van der Waals surface area contributed by atoms with Crippen LogP contribution < -0.4 is 0 Å². The molecule has 4 nitrogen and oxygen atoms in total. The highest BCUT2D eigenvalue weighted by Gasteiger charge is 2.23. The van der Waals surface area contributed by atoms with Gasteiger partial charge in [-0.05, 0) is 44.6 Å². The second-order valence-corrected chi connectivity index (χ2v) is 5.28. The van der Waals surface area contributed by atoms with Crippen LogP contribution in [0.25, 0.3) is 5.65 Å². The van der Waals surface area contributed by atoms with Crippen molar-refractivity contribution in [1.29, 1.82) is 0 Å². The molecule has 96 valence electrons. The van der Waals surface area contributed by atoms with E-state index in [0.29, 0.717) is 5.92 Å². The molecule has 3 heterocycles. The van der Waals surface area contributed by atoms with Crippen molar-refractivity contribution in [2.75, 3.05) is 19.6 Å². The number of aromatic nitrogens is 3. The van der Waals surface area contributed by atoms with Crippen molar-refractivity contribution in [2.24, 2.45) is 0 Å². The Morgan fingerprint density at radius 2 is 2.06 bits per heavy atom. The molecule has 0 saturated carbocycles. The van der Waals surface area contributed by atoms with Crippen LogP contribution in [-0.2, 0) is 0 Å². The first-order valence-electron chi connectivity index (χ1n) is 6.50. The van der Waals surface area contributed by atoms with E-state index in [1.165, 1.54) is 0 Å². The molecule has 0 radical (unpaired) electrons. The van der Waals surface area contributed by atoms with E-state index < -0.39 is 0 Å². The zero-order valence-corrected chi connectivity index (χ0v) is 11.3. The SMILES string of the molecule is CCN1CCC(c2nnc3ccc(Cl)cn23)CC1. The second-order valence-electron chi connectivity index (χ2n) is 4.84. The minimum Gasteiger partial charge on any atom is -0.304 e. The number of piperidine rings is 1. The van der Waals surface area contributed by atoms with Crippen molar-refractivity contribution < 1.29 is 0 Å². The van der Waals surface area contributed by atoms with Crippen molar-refractivity contribution in [3.05, 3.63) is 29.2 Å². The topological polar surface area (TPSA) is 33.4 Å². The van der Waals surface area contributed by atoms with Gasteiger partial charge in [-0.15, -0.1) is 10.2 Å². The molecule has 0 amide bonds. The Morgan fingerprint density at radius 1 is 1.28 bits per heavy atom. The van der Waals surface area contributed by atoms with Crippen LogP contribution in [0.2, 0.25) is 5.02 Å². The van der Waals surface area contributed by atoms with Gasteiger partial charge in [0, 0.05) is 12.1 Å². The van der Waals surface area contributed by atoms with Crippen molar-refractivity contribution in [3.63, 3.8) is 0 Å². The maximum Gasteiger partial charge on any atom is 0.160 e. The predicted octanol–water partition coefficient (Wildman–Crippen LogP) is 2.58. The average molecular weight is 265 g/mol. The van der Waals surface area contributed by atoms with Gasteiger partial charge in [0.25, 0.3) is 0 Å². The zero-order valence-electron chi connectivity index (χ0n) is 10.5. The summed E-state index contributed by atoms with van der Waals surface area (Å²) in [5, 5.41) is 9.29. The van der Waals surface area contributed by atoms with Crippen molar-refractivity contribution in [2.45, 2.75) is 25.7 Å². The minimum atomic E-state index is 0.501. The molecule has 1 aliphatic rings. The van der Waals surface area contributed by atoms with Crippen LogP contribution in [-0.4, -0.2) is 39.1 Å². The molecular weight excluding hydrogens is 248 g/mol. The lowest BCUT2D eigenvalue weighted by molar-refractivity contribution is 0.218. The molecule has 0 atom stereocenters. The highest BCUT2D eigenvalue weighted by atomic mass is 35.5. The standard InChI is InChI=1S/C13H17ClN4/c1-2-17-7-5-10(6-8-17)13-16-15-12-4-3-11(14)9-18(12)13/h3-4,9-10H,2,5-8H2,1H3. The van der Waals surface area contributed by atoms with Crippen molar-refractivity contribution >= 4 is 17.2 Å². The summed E-state index contributed by atoms with van der Waals surface area (Å²) in [5.41, 5.74) is 0.882. The Bertz CT molecular complexity index is 543. The van der Waals surface area contributed by atoms with Gasteiger partial charge < -0.3 is 4.90 Å². The summed E-state index contributed by atoms with van der Waals surface area (Å²) in [7, 11) is 0. The van der Waals surface area contributed by atoms with Gasteiger partial charge in [-0.3, -0.25) is 4.40 Å². The quantitative estimate of drug-likeness (QED) is 0.836. The fourth-order valence-electron chi connectivity index (χ4n) is 2.67. The van der Waals surface area contributed by atoms with E-state index in [0.717, 1.165) is 49.0 Å². The summed E-state index contributed by atoms with van der Waals surface area (Å²) in [5.74, 6) is 1.56. The Labute approximate surface area is 112 Å². The summed E-state index contributed by atoms with van der Waals surface area (Å²) in [4.78, 5) is 2.48. The summed E-state index contributed by atoms with van der Waals surface area (Å²) in [6.07, 6.45) is 4.22. The van der Waals surface area contributed by atoms with Crippen LogP contribution in [0.4, 0.5) is 0 Å². The van der Waals surface area contributed by atoms with Gasteiger partial charge in [-0.25, -0.2) is 0 Å². The molecule has 1 fully saturated rings. The van der Waals surface area contributed by atoms with Crippen molar-refractivity contribution in [1.82, 2.24) is 19.5 Å². The van der Waals surface area contributed by atoms with E-state index in [2.05, 4.69) is 22.0 Å². The molecule has 2 aromatic heterocycles. The molecule has 18 heavy (non-hydrogen) atoms. The maximum absolute atomic E-state index is 6.05. The Kier molecular flexibility index (Phi) is 3.22. The van der Waals surface area contributed by atoms with E-state index in [1.807, 2.05) is 22.7 Å². The van der Waals surface area contributed by atoms with Gasteiger partial charge in [-0.1, -0.05) is 18.5 Å². The van der Waals surface area contributed by atoms with Gasteiger partial charge in [0.15, 0.2) is 5.65 Å². The summed E-state index contributed by atoms with van der Waals surface area (Å²) < 4.78 is 2.04. The molecule has 3 rings (SSSR count). The number of hydrogen-bond acceptors (Lipinski definition) is 3. The summed E-state index contributed by atoms with van der Waals surface area (Å²) >= 11 is 6.05. The lowest BCUT2D eigenvalue weighted by atomic mass is 9.96. The number of likely N-dealkylation sites (tertiary alicyclic amines) is 1. The molecule has 2 aromatic rings. The monoisotopic (exact) mass is 264 g/mol. The van der Waals surface area contributed by atoms with Crippen LogP contribution in [0.15, 0.2) is 18.3 Å². The van der Waals surface area contributed by atoms with E-state index in [4.69, 9.17) is 11.6 Å². The lowest BCUT2D eigenvalue weighted by Gasteiger charge is -2.30. The normalized spacial score (nSPS) is 18.6. The van der Waals surface area contributed by atoms with E-state index in [-0.39, 0.29) is 0 Å². The second kappa shape index (κ2) is 4.86. The minimum absolute atomic E-state index is 0.501. The van der Waals surface area contributed by atoms with Crippen LogP contribution in [0, 0.1) is 0 Å². The van der Waals surface area contributed by atoms with E-state index in [1.54, 1.807) is 0 Å². The van der Waals surface area contributed by atoms with Crippen LogP contribution >= 0.6 is 11.6 Å². The third-order valence-electron chi connectivity index (χ3n) is 3.79. The third-order valence-corrected chi connectivity index (χ3v) is 4.02. The Morgan fingerprint density at radius 3 is 2.78 bits per heavy atom. The first kappa shape index (κ1) is 11.9. The predicted molar refractivity (Wildman–Crippen MR) is 72.1 cm³/mol. The molecule has 0 aromatic carbocycles. The number of rotatable bonds is 2. The average Bonchev–Trinajstić information content (AvgIpc) is 2.82. The Hall–Kier alpha value is -1.13. The van der Waals surface area contributed by atoms with E-state index >= 15 is 0 Å². The van der Waals surface area contributed by atoms with Gasteiger partial charge in [0.2, 0.25) is 0 Å². The number of pyridine rings is 1. The first-order valence-corrected chi connectivity index (χ1v) is 6.88.